The summed E-state index contributed by atoms with van der Waals surface area (Å²) < 4.78 is 16.1. The zero-order chi connectivity index (χ0) is 17.1. The summed E-state index contributed by atoms with van der Waals surface area (Å²) in [5, 5.41) is 0. The van der Waals surface area contributed by atoms with E-state index in [1.165, 1.54) is 7.11 Å². The second-order valence-corrected chi connectivity index (χ2v) is 5.58. The van der Waals surface area contributed by atoms with Gasteiger partial charge in [0, 0.05) is 5.56 Å². The second kappa shape index (κ2) is 6.74. The number of carbonyl (C=O) groups excluding carboxylic acids is 1. The molecule has 0 aliphatic carbocycles. The number of carbonyl (C=O) groups is 1. The van der Waals surface area contributed by atoms with E-state index in [9.17, 15) is 4.79 Å². The first-order chi connectivity index (χ1) is 11.6. The molecule has 0 saturated carbocycles. The first-order valence-corrected chi connectivity index (χ1v) is 7.65. The number of esters is 1. The van der Waals surface area contributed by atoms with Gasteiger partial charge in [-0.15, -0.1) is 0 Å². The molecule has 0 unspecified atom stereocenters. The Morgan fingerprint density at radius 3 is 2.50 bits per heavy atom. The summed E-state index contributed by atoms with van der Waals surface area (Å²) in [7, 11) is 2.97. The number of hydrogen-bond donors (Lipinski definition) is 0. The summed E-state index contributed by atoms with van der Waals surface area (Å²) in [6, 6.07) is 14.5. The maximum absolute atomic E-state index is 12.1. The van der Waals surface area contributed by atoms with E-state index in [1.807, 2.05) is 55.5 Å². The summed E-state index contributed by atoms with van der Waals surface area (Å²) in [5.41, 5.74) is 2.79. The lowest BCUT2D eigenvalue weighted by Crippen LogP contribution is -2.25. The lowest BCUT2D eigenvalue weighted by molar-refractivity contribution is -0.143. The SMILES string of the molecule is COC(=O)[C@@H]1N=C(c2ccc(OC)cc2)O[C@@H]1c1cccc(C)c1. The van der Waals surface area contributed by atoms with Crippen molar-refractivity contribution in [1.29, 1.82) is 0 Å². The molecule has 24 heavy (non-hydrogen) atoms. The van der Waals surface area contributed by atoms with Crippen molar-refractivity contribution in [2.24, 2.45) is 4.99 Å². The van der Waals surface area contributed by atoms with Gasteiger partial charge >= 0.3 is 5.97 Å². The molecule has 5 nitrogen and oxygen atoms in total. The van der Waals surface area contributed by atoms with Crippen molar-refractivity contribution in [3.05, 3.63) is 65.2 Å². The fourth-order valence-electron chi connectivity index (χ4n) is 2.68. The highest BCUT2D eigenvalue weighted by molar-refractivity contribution is 5.98. The van der Waals surface area contributed by atoms with E-state index in [0.717, 1.165) is 22.4 Å². The highest BCUT2D eigenvalue weighted by Gasteiger charge is 2.38. The number of rotatable bonds is 4. The smallest absolute Gasteiger partial charge is 0.335 e. The zero-order valence-electron chi connectivity index (χ0n) is 13.9. The molecule has 0 bridgehead atoms. The van der Waals surface area contributed by atoms with Gasteiger partial charge in [0.2, 0.25) is 5.90 Å². The minimum Gasteiger partial charge on any atom is -0.497 e. The summed E-state index contributed by atoms with van der Waals surface area (Å²) in [4.78, 5) is 16.6. The van der Waals surface area contributed by atoms with Gasteiger partial charge in [-0.25, -0.2) is 9.79 Å². The van der Waals surface area contributed by atoms with Crippen molar-refractivity contribution in [3.8, 4) is 5.75 Å². The number of hydrogen-bond acceptors (Lipinski definition) is 5. The van der Waals surface area contributed by atoms with Crippen molar-refractivity contribution in [2.45, 2.75) is 19.1 Å². The quantitative estimate of drug-likeness (QED) is 0.811. The van der Waals surface area contributed by atoms with Crippen LogP contribution < -0.4 is 4.74 Å². The molecule has 2 atom stereocenters. The molecule has 5 heteroatoms. The lowest BCUT2D eigenvalue weighted by Gasteiger charge is -2.17. The molecular weight excluding hydrogens is 306 g/mol. The molecule has 1 heterocycles. The summed E-state index contributed by atoms with van der Waals surface area (Å²) in [5.74, 6) is 0.765. The molecule has 0 spiro atoms. The highest BCUT2D eigenvalue weighted by atomic mass is 16.5. The molecule has 0 amide bonds. The van der Waals surface area contributed by atoms with Gasteiger partial charge in [-0.05, 0) is 36.8 Å². The largest absolute Gasteiger partial charge is 0.497 e. The molecule has 1 aliphatic heterocycles. The number of aryl methyl sites for hydroxylation is 1. The zero-order valence-corrected chi connectivity index (χ0v) is 13.9. The van der Waals surface area contributed by atoms with Crippen LogP contribution in [-0.2, 0) is 14.3 Å². The van der Waals surface area contributed by atoms with E-state index in [1.54, 1.807) is 7.11 Å². The van der Waals surface area contributed by atoms with Crippen LogP contribution in [0.4, 0.5) is 0 Å². The monoisotopic (exact) mass is 325 g/mol. The Kier molecular flexibility index (Phi) is 4.51. The van der Waals surface area contributed by atoms with Gasteiger partial charge in [0.1, 0.15) is 5.75 Å². The molecule has 0 fully saturated rings. The average molecular weight is 325 g/mol. The number of benzene rings is 2. The van der Waals surface area contributed by atoms with Crippen LogP contribution in [0.25, 0.3) is 0 Å². The predicted octanol–water partition coefficient (Wildman–Crippen LogP) is 3.06. The maximum atomic E-state index is 12.1. The van der Waals surface area contributed by atoms with E-state index in [2.05, 4.69) is 4.99 Å². The van der Waals surface area contributed by atoms with Crippen molar-refractivity contribution >= 4 is 11.9 Å². The van der Waals surface area contributed by atoms with Gasteiger partial charge in [0.05, 0.1) is 14.2 Å². The lowest BCUT2D eigenvalue weighted by atomic mass is 10.0. The molecule has 3 rings (SSSR count). The van der Waals surface area contributed by atoms with E-state index < -0.39 is 18.1 Å². The third-order valence-electron chi connectivity index (χ3n) is 3.93. The van der Waals surface area contributed by atoms with Crippen LogP contribution in [0.1, 0.15) is 22.8 Å². The van der Waals surface area contributed by atoms with Crippen LogP contribution in [-0.4, -0.2) is 32.1 Å². The van der Waals surface area contributed by atoms with Gasteiger partial charge in [0.15, 0.2) is 12.1 Å². The van der Waals surface area contributed by atoms with Gasteiger partial charge in [-0.2, -0.15) is 0 Å². The highest BCUT2D eigenvalue weighted by Crippen LogP contribution is 2.32. The average Bonchev–Trinajstić information content (AvgIpc) is 3.06. The first-order valence-electron chi connectivity index (χ1n) is 7.65. The molecular formula is C19H19NO4. The fourth-order valence-corrected chi connectivity index (χ4v) is 2.68. The minimum atomic E-state index is -0.714. The van der Waals surface area contributed by atoms with Crippen LogP contribution in [0.15, 0.2) is 53.5 Å². The number of aliphatic imine (C=N–C) groups is 1. The summed E-state index contributed by atoms with van der Waals surface area (Å²) in [6.07, 6.45) is -0.491. The van der Waals surface area contributed by atoms with E-state index in [0.29, 0.717) is 5.90 Å². The normalized spacial score (nSPS) is 19.4. The third kappa shape index (κ3) is 3.11. The Bertz CT molecular complexity index is 767. The Balaban J connectivity index is 1.93. The van der Waals surface area contributed by atoms with Gasteiger partial charge in [-0.1, -0.05) is 29.8 Å². The fraction of sp³-hybridized carbons (Fsp3) is 0.263. The van der Waals surface area contributed by atoms with Crippen molar-refractivity contribution in [1.82, 2.24) is 0 Å². The molecule has 2 aromatic rings. The maximum Gasteiger partial charge on any atom is 0.335 e. The molecule has 0 saturated heterocycles. The van der Waals surface area contributed by atoms with Gasteiger partial charge in [-0.3, -0.25) is 0 Å². The van der Waals surface area contributed by atoms with Crippen molar-refractivity contribution in [3.63, 3.8) is 0 Å². The topological polar surface area (TPSA) is 57.1 Å². The second-order valence-electron chi connectivity index (χ2n) is 5.58. The standard InChI is InChI=1S/C19H19NO4/c1-12-5-4-6-14(11-12)17-16(19(21)23-3)20-18(24-17)13-7-9-15(22-2)10-8-13/h4-11,16-17H,1-3H3/t16-,17-/m1/s1. The molecule has 0 radical (unpaired) electrons. The van der Waals surface area contributed by atoms with Crippen molar-refractivity contribution in [2.75, 3.05) is 14.2 Å². The Hall–Kier alpha value is -2.82. The Morgan fingerprint density at radius 1 is 1.12 bits per heavy atom. The van der Waals surface area contributed by atoms with Crippen LogP contribution in [0.3, 0.4) is 0 Å². The molecule has 2 aromatic carbocycles. The summed E-state index contributed by atoms with van der Waals surface area (Å²) >= 11 is 0. The molecule has 1 aliphatic rings. The van der Waals surface area contributed by atoms with Crippen molar-refractivity contribution < 1.29 is 19.0 Å². The van der Waals surface area contributed by atoms with Crippen LogP contribution in [0, 0.1) is 6.92 Å². The van der Waals surface area contributed by atoms with Crippen LogP contribution in [0.2, 0.25) is 0 Å². The Morgan fingerprint density at radius 2 is 1.88 bits per heavy atom. The van der Waals surface area contributed by atoms with Crippen LogP contribution >= 0.6 is 0 Å². The Labute approximate surface area is 140 Å². The minimum absolute atomic E-state index is 0.412. The molecule has 0 N–H and O–H groups in total. The number of methoxy groups -OCH3 is 2. The predicted molar refractivity (Wildman–Crippen MR) is 90.3 cm³/mol. The van der Waals surface area contributed by atoms with Crippen LogP contribution in [0.5, 0.6) is 5.75 Å². The molecule has 0 aromatic heterocycles. The van der Waals surface area contributed by atoms with E-state index in [4.69, 9.17) is 14.2 Å². The number of nitrogens with zero attached hydrogens (tertiary/aromatic N) is 1. The van der Waals surface area contributed by atoms with E-state index >= 15 is 0 Å². The van der Waals surface area contributed by atoms with Gasteiger partial charge < -0.3 is 14.2 Å². The summed E-state index contributed by atoms with van der Waals surface area (Å²) in [6.45, 7) is 2.00. The molecule has 124 valence electrons. The third-order valence-corrected chi connectivity index (χ3v) is 3.93. The first kappa shape index (κ1) is 16.1. The number of ether oxygens (including phenoxy) is 3. The van der Waals surface area contributed by atoms with E-state index in [-0.39, 0.29) is 0 Å². The van der Waals surface area contributed by atoms with Gasteiger partial charge in [0.25, 0.3) is 0 Å².